The summed E-state index contributed by atoms with van der Waals surface area (Å²) in [4.78, 5) is 2.62. The quantitative estimate of drug-likeness (QED) is 0.829. The first-order chi connectivity index (χ1) is 8.74. The van der Waals surface area contributed by atoms with Crippen LogP contribution in [0.5, 0.6) is 0 Å². The molecule has 0 aromatic carbocycles. The molecule has 0 amide bonds. The lowest BCUT2D eigenvalue weighted by molar-refractivity contribution is -0.0158. The molecule has 0 spiro atoms. The van der Waals surface area contributed by atoms with Crippen LogP contribution >= 0.6 is 0 Å². The van der Waals surface area contributed by atoms with Gasteiger partial charge in [-0.3, -0.25) is 4.90 Å². The fourth-order valence-corrected chi connectivity index (χ4v) is 4.01. The molecular weight excluding hydrogens is 222 g/mol. The zero-order valence-corrected chi connectivity index (χ0v) is 12.3. The van der Waals surface area contributed by atoms with Crippen LogP contribution in [0.15, 0.2) is 0 Å². The van der Waals surface area contributed by atoms with Crippen molar-refractivity contribution in [3.05, 3.63) is 0 Å². The molecule has 2 nitrogen and oxygen atoms in total. The highest BCUT2D eigenvalue weighted by Crippen LogP contribution is 2.33. The van der Waals surface area contributed by atoms with Crippen LogP contribution in [0.25, 0.3) is 0 Å². The van der Waals surface area contributed by atoms with Gasteiger partial charge >= 0.3 is 0 Å². The monoisotopic (exact) mass is 253 g/mol. The molecule has 1 saturated carbocycles. The third kappa shape index (κ3) is 3.48. The number of aliphatic hydroxyl groups is 1. The Kier molecular flexibility index (Phi) is 5.50. The van der Waals surface area contributed by atoms with Crippen LogP contribution in [0, 0.1) is 11.8 Å². The van der Waals surface area contributed by atoms with E-state index in [-0.39, 0.29) is 6.10 Å². The lowest BCUT2D eigenvalue weighted by atomic mass is 9.79. The normalized spacial score (nSPS) is 38.8. The van der Waals surface area contributed by atoms with Crippen LogP contribution in [-0.2, 0) is 0 Å². The summed E-state index contributed by atoms with van der Waals surface area (Å²) in [5, 5.41) is 10.3. The topological polar surface area (TPSA) is 23.5 Å². The summed E-state index contributed by atoms with van der Waals surface area (Å²) in [6.45, 7) is 7.05. The summed E-state index contributed by atoms with van der Waals surface area (Å²) in [6, 6.07) is 0.463. The van der Waals surface area contributed by atoms with Crippen molar-refractivity contribution in [2.45, 2.75) is 77.4 Å². The van der Waals surface area contributed by atoms with E-state index in [1.54, 1.807) is 0 Å². The highest BCUT2D eigenvalue weighted by molar-refractivity contribution is 4.89. The summed E-state index contributed by atoms with van der Waals surface area (Å²) in [5.41, 5.74) is 0. The van der Waals surface area contributed by atoms with Crippen LogP contribution in [0.2, 0.25) is 0 Å². The highest BCUT2D eigenvalue weighted by Gasteiger charge is 2.34. The van der Waals surface area contributed by atoms with E-state index in [2.05, 4.69) is 18.7 Å². The molecule has 2 heteroatoms. The molecule has 0 bridgehead atoms. The van der Waals surface area contributed by atoms with Gasteiger partial charge in [-0.1, -0.05) is 33.1 Å². The van der Waals surface area contributed by atoms with Gasteiger partial charge in [0.05, 0.1) is 6.10 Å². The second-order valence-electron chi connectivity index (χ2n) is 6.51. The van der Waals surface area contributed by atoms with Gasteiger partial charge < -0.3 is 5.11 Å². The number of nitrogens with zero attached hydrogens (tertiary/aromatic N) is 1. The Labute approximate surface area is 113 Å². The SMILES string of the molecule is CCCC1CCC(O)C(N2CCCC(CC)C2)C1. The summed E-state index contributed by atoms with van der Waals surface area (Å²) in [6.07, 6.45) is 10.1. The molecular formula is C16H31NO. The predicted molar refractivity (Wildman–Crippen MR) is 76.6 cm³/mol. The average Bonchev–Trinajstić information content (AvgIpc) is 2.41. The number of hydrogen-bond donors (Lipinski definition) is 1. The molecule has 1 saturated heterocycles. The maximum absolute atomic E-state index is 10.3. The van der Waals surface area contributed by atoms with Crippen LogP contribution < -0.4 is 0 Å². The van der Waals surface area contributed by atoms with E-state index in [9.17, 15) is 5.11 Å². The fraction of sp³-hybridized carbons (Fsp3) is 1.00. The van der Waals surface area contributed by atoms with Crippen molar-refractivity contribution in [1.29, 1.82) is 0 Å². The van der Waals surface area contributed by atoms with E-state index in [0.29, 0.717) is 6.04 Å². The van der Waals surface area contributed by atoms with Gasteiger partial charge in [0.25, 0.3) is 0 Å². The van der Waals surface area contributed by atoms with Gasteiger partial charge in [-0.15, -0.1) is 0 Å². The molecule has 2 aliphatic rings. The molecule has 106 valence electrons. The minimum absolute atomic E-state index is 0.0614. The van der Waals surface area contributed by atoms with E-state index in [4.69, 9.17) is 0 Å². The molecule has 1 aliphatic carbocycles. The zero-order chi connectivity index (χ0) is 13.0. The van der Waals surface area contributed by atoms with Crippen LogP contribution in [0.1, 0.15) is 65.2 Å². The molecule has 1 heterocycles. The lowest BCUT2D eigenvalue weighted by Crippen LogP contribution is -2.51. The summed E-state index contributed by atoms with van der Waals surface area (Å²) < 4.78 is 0. The summed E-state index contributed by atoms with van der Waals surface area (Å²) in [7, 11) is 0. The van der Waals surface area contributed by atoms with Gasteiger partial charge in [0, 0.05) is 12.6 Å². The molecule has 4 unspecified atom stereocenters. The maximum atomic E-state index is 10.3. The minimum atomic E-state index is -0.0614. The van der Waals surface area contributed by atoms with Gasteiger partial charge in [0.2, 0.25) is 0 Å². The standard InChI is InChI=1S/C16H31NO/c1-3-6-14-8-9-16(18)15(11-14)17-10-5-7-13(4-2)12-17/h13-16,18H,3-12H2,1-2H3. The Morgan fingerprint density at radius 3 is 2.67 bits per heavy atom. The molecule has 0 aromatic heterocycles. The van der Waals surface area contributed by atoms with Crippen molar-refractivity contribution >= 4 is 0 Å². The third-order valence-electron chi connectivity index (χ3n) is 5.18. The highest BCUT2D eigenvalue weighted by atomic mass is 16.3. The second-order valence-corrected chi connectivity index (χ2v) is 6.51. The van der Waals surface area contributed by atoms with Gasteiger partial charge in [0.15, 0.2) is 0 Å². The molecule has 18 heavy (non-hydrogen) atoms. The van der Waals surface area contributed by atoms with E-state index in [0.717, 1.165) is 18.3 Å². The van der Waals surface area contributed by atoms with E-state index < -0.39 is 0 Å². The maximum Gasteiger partial charge on any atom is 0.0695 e. The molecule has 2 fully saturated rings. The number of likely N-dealkylation sites (tertiary alicyclic amines) is 1. The van der Waals surface area contributed by atoms with Crippen LogP contribution in [0.4, 0.5) is 0 Å². The van der Waals surface area contributed by atoms with Crippen molar-refractivity contribution < 1.29 is 5.11 Å². The van der Waals surface area contributed by atoms with Crippen LogP contribution in [-0.4, -0.2) is 35.2 Å². The van der Waals surface area contributed by atoms with Crippen molar-refractivity contribution in [3.63, 3.8) is 0 Å². The summed E-state index contributed by atoms with van der Waals surface area (Å²) in [5.74, 6) is 1.74. The second kappa shape index (κ2) is 6.91. The lowest BCUT2D eigenvalue weighted by Gasteiger charge is -2.44. The largest absolute Gasteiger partial charge is 0.391 e. The number of piperidine rings is 1. The van der Waals surface area contributed by atoms with Crippen molar-refractivity contribution in [2.75, 3.05) is 13.1 Å². The van der Waals surface area contributed by atoms with Gasteiger partial charge in [-0.05, 0) is 50.5 Å². The molecule has 0 aromatic rings. The first-order valence-corrected chi connectivity index (χ1v) is 8.16. The number of rotatable bonds is 4. The fourth-order valence-electron chi connectivity index (χ4n) is 4.01. The Bertz CT molecular complexity index is 243. The van der Waals surface area contributed by atoms with Gasteiger partial charge in [-0.2, -0.15) is 0 Å². The number of hydrogen-bond acceptors (Lipinski definition) is 2. The van der Waals surface area contributed by atoms with E-state index >= 15 is 0 Å². The average molecular weight is 253 g/mol. The minimum Gasteiger partial charge on any atom is -0.391 e. The van der Waals surface area contributed by atoms with Crippen molar-refractivity contribution in [1.82, 2.24) is 4.90 Å². The smallest absolute Gasteiger partial charge is 0.0695 e. The van der Waals surface area contributed by atoms with Crippen LogP contribution in [0.3, 0.4) is 0 Å². The van der Waals surface area contributed by atoms with Crippen molar-refractivity contribution in [2.24, 2.45) is 11.8 Å². The first kappa shape index (κ1) is 14.3. The Morgan fingerprint density at radius 2 is 1.94 bits per heavy atom. The molecule has 1 aliphatic heterocycles. The molecule has 2 rings (SSSR count). The Hall–Kier alpha value is -0.0800. The molecule has 4 atom stereocenters. The first-order valence-electron chi connectivity index (χ1n) is 8.16. The Morgan fingerprint density at radius 1 is 1.11 bits per heavy atom. The molecule has 1 N–H and O–H groups in total. The summed E-state index contributed by atoms with van der Waals surface area (Å²) >= 11 is 0. The van der Waals surface area contributed by atoms with Gasteiger partial charge in [-0.25, -0.2) is 0 Å². The predicted octanol–water partition coefficient (Wildman–Crippen LogP) is 3.44. The third-order valence-corrected chi connectivity index (χ3v) is 5.18. The number of aliphatic hydroxyl groups excluding tert-OH is 1. The van der Waals surface area contributed by atoms with Gasteiger partial charge in [0.1, 0.15) is 0 Å². The van der Waals surface area contributed by atoms with E-state index in [1.165, 1.54) is 58.0 Å². The van der Waals surface area contributed by atoms with Crippen molar-refractivity contribution in [3.8, 4) is 0 Å². The zero-order valence-electron chi connectivity index (χ0n) is 12.3. The Balaban J connectivity index is 1.92. The van der Waals surface area contributed by atoms with E-state index in [1.807, 2.05) is 0 Å². The molecule has 0 radical (unpaired) electrons.